The van der Waals surface area contributed by atoms with Gasteiger partial charge in [0.2, 0.25) is 11.8 Å². The van der Waals surface area contributed by atoms with Crippen molar-refractivity contribution < 1.29 is 24.2 Å². The van der Waals surface area contributed by atoms with Gasteiger partial charge in [-0.2, -0.15) is 0 Å². The predicted molar refractivity (Wildman–Crippen MR) is 144 cm³/mol. The first kappa shape index (κ1) is 29.5. The largest absolute Gasteiger partial charge is 0.463 e. The average Bonchev–Trinajstić information content (AvgIpc) is 2.90. The summed E-state index contributed by atoms with van der Waals surface area (Å²) in [7, 11) is 0. The molecular formula is C30H38N2O5. The van der Waals surface area contributed by atoms with Crippen molar-refractivity contribution in [3.63, 3.8) is 0 Å². The Morgan fingerprint density at radius 3 is 1.81 bits per heavy atom. The van der Waals surface area contributed by atoms with Crippen LogP contribution >= 0.6 is 0 Å². The number of rotatable bonds is 16. The third-order valence-electron chi connectivity index (χ3n) is 5.95. The maximum absolute atomic E-state index is 13.2. The summed E-state index contributed by atoms with van der Waals surface area (Å²) in [5.41, 5.74) is 1.91. The van der Waals surface area contributed by atoms with Gasteiger partial charge in [-0.3, -0.25) is 14.4 Å². The van der Waals surface area contributed by atoms with Crippen LogP contribution in [0.3, 0.4) is 0 Å². The van der Waals surface area contributed by atoms with Crippen molar-refractivity contribution in [2.24, 2.45) is 11.8 Å². The van der Waals surface area contributed by atoms with E-state index < -0.39 is 29.8 Å². The van der Waals surface area contributed by atoms with Crippen LogP contribution in [-0.4, -0.2) is 48.2 Å². The van der Waals surface area contributed by atoms with Crippen molar-refractivity contribution in [3.05, 3.63) is 97.1 Å². The summed E-state index contributed by atoms with van der Waals surface area (Å²) < 4.78 is 5.48. The highest BCUT2D eigenvalue weighted by Crippen LogP contribution is 2.12. The highest BCUT2D eigenvalue weighted by atomic mass is 16.5. The SMILES string of the molecule is C=CCC(C(=O)N[C@H](COC(=O)[C@@H](C)CC=C)Cc1ccccc1)C(=O)N[C@@H](CO)Cc1ccccc1. The van der Waals surface area contributed by atoms with E-state index in [1.54, 1.807) is 13.0 Å². The number of hydrogen-bond acceptors (Lipinski definition) is 5. The zero-order valence-corrected chi connectivity index (χ0v) is 21.5. The van der Waals surface area contributed by atoms with Gasteiger partial charge in [0.15, 0.2) is 0 Å². The quantitative estimate of drug-likeness (QED) is 0.184. The summed E-state index contributed by atoms with van der Waals surface area (Å²) in [5.74, 6) is -2.76. The van der Waals surface area contributed by atoms with Crippen LogP contribution in [0.25, 0.3) is 0 Å². The van der Waals surface area contributed by atoms with Gasteiger partial charge in [-0.05, 0) is 36.8 Å². The molecule has 0 aliphatic rings. The maximum Gasteiger partial charge on any atom is 0.309 e. The molecule has 2 amide bonds. The molecule has 0 aliphatic carbocycles. The lowest BCUT2D eigenvalue weighted by molar-refractivity contribution is -0.149. The van der Waals surface area contributed by atoms with E-state index in [2.05, 4.69) is 23.8 Å². The van der Waals surface area contributed by atoms with Crippen LogP contribution in [0.4, 0.5) is 0 Å². The Morgan fingerprint density at radius 2 is 1.32 bits per heavy atom. The minimum absolute atomic E-state index is 0.0311. The van der Waals surface area contributed by atoms with Gasteiger partial charge in [0, 0.05) is 0 Å². The van der Waals surface area contributed by atoms with Crippen LogP contribution in [0.15, 0.2) is 86.0 Å². The Morgan fingerprint density at radius 1 is 0.838 bits per heavy atom. The lowest BCUT2D eigenvalue weighted by atomic mass is 9.99. The number of carbonyl (C=O) groups is 3. The fourth-order valence-electron chi connectivity index (χ4n) is 3.88. The van der Waals surface area contributed by atoms with Gasteiger partial charge < -0.3 is 20.5 Å². The van der Waals surface area contributed by atoms with Gasteiger partial charge in [0.05, 0.1) is 24.6 Å². The summed E-state index contributed by atoms with van der Waals surface area (Å²) in [6.07, 6.45) is 4.64. The Kier molecular flexibility index (Phi) is 12.9. The van der Waals surface area contributed by atoms with E-state index in [0.29, 0.717) is 19.3 Å². The standard InChI is InChI=1S/C30H38N2O5/c1-4-12-22(3)30(36)37-21-26(19-24-16-10-7-11-17-24)32-29(35)27(13-5-2)28(34)31-25(20-33)18-23-14-8-6-9-15-23/h4-11,14-17,22,25-27,33H,1-2,12-13,18-21H2,3H3,(H,31,34)(H,32,35)/t22-,25+,26-,27?/m0/s1. The van der Waals surface area contributed by atoms with Crippen LogP contribution in [0.2, 0.25) is 0 Å². The molecule has 37 heavy (non-hydrogen) atoms. The molecule has 2 aromatic rings. The Balaban J connectivity index is 2.09. The van der Waals surface area contributed by atoms with Gasteiger partial charge in [0.1, 0.15) is 12.5 Å². The molecule has 7 nitrogen and oxygen atoms in total. The average molecular weight is 507 g/mol. The number of nitrogens with one attached hydrogen (secondary N) is 2. The molecule has 0 saturated heterocycles. The van der Waals surface area contributed by atoms with E-state index in [1.807, 2.05) is 60.7 Å². The van der Waals surface area contributed by atoms with E-state index >= 15 is 0 Å². The number of hydrogen-bond donors (Lipinski definition) is 3. The molecular weight excluding hydrogens is 468 g/mol. The summed E-state index contributed by atoms with van der Waals surface area (Å²) in [4.78, 5) is 38.7. The molecule has 7 heteroatoms. The van der Waals surface area contributed by atoms with Crippen LogP contribution in [-0.2, 0) is 32.0 Å². The van der Waals surface area contributed by atoms with Gasteiger partial charge in [-0.1, -0.05) is 79.7 Å². The van der Waals surface area contributed by atoms with Crippen LogP contribution in [0.5, 0.6) is 0 Å². The summed E-state index contributed by atoms with van der Waals surface area (Å²) in [6, 6.07) is 17.9. The van der Waals surface area contributed by atoms with E-state index in [0.717, 1.165) is 11.1 Å². The minimum atomic E-state index is -1.05. The Hall–Kier alpha value is -3.71. The predicted octanol–water partition coefficient (Wildman–Crippen LogP) is 3.38. The van der Waals surface area contributed by atoms with Crippen molar-refractivity contribution in [2.75, 3.05) is 13.2 Å². The molecule has 3 N–H and O–H groups in total. The second-order valence-electron chi connectivity index (χ2n) is 9.11. The Bertz CT molecular complexity index is 1010. The summed E-state index contributed by atoms with van der Waals surface area (Å²) in [6.45, 7) is 8.80. The minimum Gasteiger partial charge on any atom is -0.463 e. The molecule has 0 aromatic heterocycles. The fourth-order valence-corrected chi connectivity index (χ4v) is 3.88. The number of amides is 2. The smallest absolute Gasteiger partial charge is 0.309 e. The topological polar surface area (TPSA) is 105 Å². The zero-order chi connectivity index (χ0) is 27.0. The second kappa shape index (κ2) is 16.1. The van der Waals surface area contributed by atoms with Crippen molar-refractivity contribution in [1.29, 1.82) is 0 Å². The molecule has 198 valence electrons. The molecule has 0 saturated carbocycles. The molecule has 0 bridgehead atoms. The van der Waals surface area contributed by atoms with Crippen LogP contribution in [0.1, 0.15) is 30.9 Å². The first-order chi connectivity index (χ1) is 17.9. The van der Waals surface area contributed by atoms with Crippen molar-refractivity contribution >= 4 is 17.8 Å². The zero-order valence-electron chi connectivity index (χ0n) is 21.5. The van der Waals surface area contributed by atoms with E-state index in [9.17, 15) is 19.5 Å². The maximum atomic E-state index is 13.2. The normalized spacial score (nSPS) is 13.9. The first-order valence-electron chi connectivity index (χ1n) is 12.6. The van der Waals surface area contributed by atoms with Gasteiger partial charge >= 0.3 is 5.97 Å². The number of allylic oxidation sites excluding steroid dienone is 2. The van der Waals surface area contributed by atoms with Gasteiger partial charge in [-0.25, -0.2) is 0 Å². The molecule has 1 unspecified atom stereocenters. The summed E-state index contributed by atoms with van der Waals surface area (Å²) in [5, 5.41) is 15.5. The number of aliphatic hydroxyl groups is 1. The van der Waals surface area contributed by atoms with E-state index in [-0.39, 0.29) is 31.5 Å². The third kappa shape index (κ3) is 10.4. The molecule has 0 heterocycles. The molecule has 0 spiro atoms. The lowest BCUT2D eigenvalue weighted by Gasteiger charge is -2.24. The molecule has 0 aliphatic heterocycles. The first-order valence-corrected chi connectivity index (χ1v) is 12.6. The van der Waals surface area contributed by atoms with E-state index in [4.69, 9.17) is 4.74 Å². The molecule has 2 aromatic carbocycles. The third-order valence-corrected chi connectivity index (χ3v) is 5.95. The van der Waals surface area contributed by atoms with E-state index in [1.165, 1.54) is 6.08 Å². The Labute approximate surface area is 219 Å². The molecule has 0 fully saturated rings. The van der Waals surface area contributed by atoms with Gasteiger partial charge in [-0.15, -0.1) is 13.2 Å². The van der Waals surface area contributed by atoms with Crippen molar-refractivity contribution in [1.82, 2.24) is 10.6 Å². The fraction of sp³-hybridized carbons (Fsp3) is 0.367. The number of carbonyl (C=O) groups excluding carboxylic acids is 3. The van der Waals surface area contributed by atoms with Crippen LogP contribution in [0, 0.1) is 11.8 Å². The second-order valence-corrected chi connectivity index (χ2v) is 9.11. The van der Waals surface area contributed by atoms with Gasteiger partial charge in [0.25, 0.3) is 0 Å². The molecule has 2 rings (SSSR count). The summed E-state index contributed by atoms with van der Waals surface area (Å²) >= 11 is 0. The monoisotopic (exact) mass is 506 g/mol. The molecule has 4 atom stereocenters. The number of ether oxygens (including phenoxy) is 1. The lowest BCUT2D eigenvalue weighted by Crippen LogP contribution is -2.50. The van der Waals surface area contributed by atoms with Crippen molar-refractivity contribution in [3.8, 4) is 0 Å². The van der Waals surface area contributed by atoms with Crippen molar-refractivity contribution in [2.45, 2.75) is 44.7 Å². The number of aliphatic hydroxyl groups excluding tert-OH is 1. The van der Waals surface area contributed by atoms with Crippen LogP contribution < -0.4 is 10.6 Å². The highest BCUT2D eigenvalue weighted by molar-refractivity contribution is 6.00. The number of benzene rings is 2. The molecule has 0 radical (unpaired) electrons. The number of esters is 1. The highest BCUT2D eigenvalue weighted by Gasteiger charge is 2.29.